The number of carboxylic acids is 1. The van der Waals surface area contributed by atoms with Crippen molar-refractivity contribution in [3.05, 3.63) is 58.1 Å². The summed E-state index contributed by atoms with van der Waals surface area (Å²) in [6, 6.07) is 8.98. The standard InChI is InChI=1S/C17H14ClNO5S/c1-11-2-6-15(25(19,22)23)9-12(11)3-4-13-8-14(18)5-7-16(13)24-10-17(20)21/h2,5-9H,10H2,1H3,(H,20,21)(H2,19,22,23). The minimum Gasteiger partial charge on any atom is -0.481 e. The summed E-state index contributed by atoms with van der Waals surface area (Å²) in [5.41, 5.74) is 1.61. The number of halogens is 1. The van der Waals surface area contributed by atoms with Gasteiger partial charge in [-0.1, -0.05) is 29.5 Å². The van der Waals surface area contributed by atoms with Gasteiger partial charge >= 0.3 is 5.97 Å². The average molecular weight is 380 g/mol. The molecule has 0 aliphatic heterocycles. The number of benzene rings is 2. The van der Waals surface area contributed by atoms with Gasteiger partial charge in [-0.3, -0.25) is 0 Å². The molecule has 2 aromatic carbocycles. The van der Waals surface area contributed by atoms with Crippen molar-refractivity contribution in [3.8, 4) is 17.6 Å². The molecule has 0 aliphatic rings. The fourth-order valence-corrected chi connectivity index (χ4v) is 2.62. The molecule has 0 bridgehead atoms. The molecule has 0 amide bonds. The zero-order valence-electron chi connectivity index (χ0n) is 13.1. The van der Waals surface area contributed by atoms with Crippen molar-refractivity contribution in [1.82, 2.24) is 0 Å². The highest BCUT2D eigenvalue weighted by atomic mass is 35.5. The van der Waals surface area contributed by atoms with Crippen LogP contribution in [-0.4, -0.2) is 26.1 Å². The van der Waals surface area contributed by atoms with Gasteiger partial charge in [0.1, 0.15) is 5.75 Å². The molecule has 6 nitrogen and oxygen atoms in total. The first-order valence-corrected chi connectivity index (χ1v) is 8.89. The van der Waals surface area contributed by atoms with Crippen molar-refractivity contribution in [2.45, 2.75) is 11.8 Å². The van der Waals surface area contributed by atoms with E-state index in [-0.39, 0.29) is 10.6 Å². The van der Waals surface area contributed by atoms with Crippen LogP contribution in [0.5, 0.6) is 5.75 Å². The lowest BCUT2D eigenvalue weighted by atomic mass is 10.1. The number of primary sulfonamides is 1. The van der Waals surface area contributed by atoms with Gasteiger partial charge in [0, 0.05) is 10.6 Å². The van der Waals surface area contributed by atoms with Crippen molar-refractivity contribution in [2.24, 2.45) is 5.14 Å². The van der Waals surface area contributed by atoms with Crippen molar-refractivity contribution in [2.75, 3.05) is 6.61 Å². The number of carbonyl (C=O) groups is 1. The summed E-state index contributed by atoms with van der Waals surface area (Å²) in [4.78, 5) is 10.6. The summed E-state index contributed by atoms with van der Waals surface area (Å²) >= 11 is 5.94. The zero-order chi connectivity index (χ0) is 18.6. The van der Waals surface area contributed by atoms with Gasteiger partial charge in [0.15, 0.2) is 6.61 Å². The van der Waals surface area contributed by atoms with E-state index in [2.05, 4.69) is 11.8 Å². The SMILES string of the molecule is Cc1ccc(S(N)(=O)=O)cc1C#Cc1cc(Cl)ccc1OCC(=O)O. The van der Waals surface area contributed by atoms with E-state index in [9.17, 15) is 13.2 Å². The Labute approximate surface area is 150 Å². The molecule has 130 valence electrons. The number of aliphatic carboxylic acids is 1. The smallest absolute Gasteiger partial charge is 0.341 e. The maximum Gasteiger partial charge on any atom is 0.341 e. The molecule has 0 aromatic heterocycles. The van der Waals surface area contributed by atoms with Crippen LogP contribution in [0.25, 0.3) is 0 Å². The molecular formula is C17H14ClNO5S. The van der Waals surface area contributed by atoms with Crippen LogP contribution in [0, 0.1) is 18.8 Å². The number of aryl methyl sites for hydroxylation is 1. The second-order valence-corrected chi connectivity index (χ2v) is 7.09. The molecule has 0 saturated carbocycles. The highest BCUT2D eigenvalue weighted by molar-refractivity contribution is 7.89. The van der Waals surface area contributed by atoms with Crippen molar-refractivity contribution < 1.29 is 23.1 Å². The van der Waals surface area contributed by atoms with Gasteiger partial charge in [-0.2, -0.15) is 0 Å². The molecule has 0 radical (unpaired) electrons. The Hall–Kier alpha value is -2.53. The first-order valence-electron chi connectivity index (χ1n) is 6.96. The lowest BCUT2D eigenvalue weighted by molar-refractivity contribution is -0.139. The van der Waals surface area contributed by atoms with Crippen LogP contribution in [0.3, 0.4) is 0 Å². The summed E-state index contributed by atoms with van der Waals surface area (Å²) in [6.07, 6.45) is 0. The first-order chi connectivity index (χ1) is 11.7. The lowest BCUT2D eigenvalue weighted by Crippen LogP contribution is -2.12. The summed E-state index contributed by atoms with van der Waals surface area (Å²) in [6.45, 7) is 1.26. The predicted octanol–water partition coefficient (Wildman–Crippen LogP) is 2.16. The summed E-state index contributed by atoms with van der Waals surface area (Å²) in [5, 5.41) is 14.2. The Bertz CT molecular complexity index is 990. The van der Waals surface area contributed by atoms with E-state index in [0.29, 0.717) is 16.1 Å². The normalized spacial score (nSPS) is 10.7. The minimum atomic E-state index is -3.84. The molecule has 0 heterocycles. The van der Waals surface area contributed by atoms with Crippen molar-refractivity contribution in [1.29, 1.82) is 0 Å². The summed E-state index contributed by atoms with van der Waals surface area (Å²) in [7, 11) is -3.84. The van der Waals surface area contributed by atoms with E-state index in [1.54, 1.807) is 19.1 Å². The fourth-order valence-electron chi connectivity index (χ4n) is 1.91. The van der Waals surface area contributed by atoms with E-state index >= 15 is 0 Å². The second kappa shape index (κ2) is 7.57. The molecule has 0 spiro atoms. The number of carboxylic acid groups (broad SMARTS) is 1. The molecule has 0 aliphatic carbocycles. The molecular weight excluding hydrogens is 366 g/mol. The Morgan fingerprint density at radius 1 is 1.20 bits per heavy atom. The lowest BCUT2D eigenvalue weighted by Gasteiger charge is -2.06. The predicted molar refractivity (Wildman–Crippen MR) is 93.1 cm³/mol. The van der Waals surface area contributed by atoms with Gasteiger partial charge in [0.25, 0.3) is 0 Å². The third kappa shape index (κ3) is 5.22. The Kier molecular flexibility index (Phi) is 5.69. The third-order valence-corrected chi connectivity index (χ3v) is 4.31. The van der Waals surface area contributed by atoms with Gasteiger partial charge in [0.2, 0.25) is 10.0 Å². The topological polar surface area (TPSA) is 107 Å². The monoisotopic (exact) mass is 379 g/mol. The first kappa shape index (κ1) is 18.8. The van der Waals surface area contributed by atoms with E-state index in [0.717, 1.165) is 5.56 Å². The van der Waals surface area contributed by atoms with E-state index in [1.165, 1.54) is 24.3 Å². The fraction of sp³-hybridized carbons (Fsp3) is 0.118. The number of hydrogen-bond acceptors (Lipinski definition) is 4. The molecule has 3 N–H and O–H groups in total. The molecule has 25 heavy (non-hydrogen) atoms. The number of hydrogen-bond donors (Lipinski definition) is 2. The number of nitrogens with two attached hydrogens (primary N) is 1. The highest BCUT2D eigenvalue weighted by Crippen LogP contribution is 2.22. The Morgan fingerprint density at radius 3 is 2.52 bits per heavy atom. The van der Waals surface area contributed by atoms with Crippen LogP contribution in [0.2, 0.25) is 5.02 Å². The van der Waals surface area contributed by atoms with Crippen LogP contribution in [0.15, 0.2) is 41.3 Å². The molecule has 2 aromatic rings. The largest absolute Gasteiger partial charge is 0.481 e. The van der Waals surface area contributed by atoms with Crippen LogP contribution in [0.1, 0.15) is 16.7 Å². The van der Waals surface area contributed by atoms with Crippen LogP contribution in [-0.2, 0) is 14.8 Å². The zero-order valence-corrected chi connectivity index (χ0v) is 14.7. The van der Waals surface area contributed by atoms with Gasteiger partial charge in [0.05, 0.1) is 10.5 Å². The molecule has 0 saturated heterocycles. The van der Waals surface area contributed by atoms with E-state index in [1.807, 2.05) is 0 Å². The van der Waals surface area contributed by atoms with Gasteiger partial charge in [-0.15, -0.1) is 0 Å². The second-order valence-electron chi connectivity index (χ2n) is 5.09. The quantitative estimate of drug-likeness (QED) is 0.791. The van der Waals surface area contributed by atoms with Crippen molar-refractivity contribution in [3.63, 3.8) is 0 Å². The van der Waals surface area contributed by atoms with Crippen LogP contribution >= 0.6 is 11.6 Å². The van der Waals surface area contributed by atoms with E-state index in [4.69, 9.17) is 26.6 Å². The molecule has 0 unspecified atom stereocenters. The van der Waals surface area contributed by atoms with Gasteiger partial charge in [-0.25, -0.2) is 18.4 Å². The van der Waals surface area contributed by atoms with E-state index < -0.39 is 22.6 Å². The number of ether oxygens (including phenoxy) is 1. The number of sulfonamides is 1. The maximum atomic E-state index is 11.5. The third-order valence-electron chi connectivity index (χ3n) is 3.16. The number of rotatable bonds is 4. The molecule has 0 atom stereocenters. The molecule has 2 rings (SSSR count). The average Bonchev–Trinajstić information content (AvgIpc) is 2.52. The van der Waals surface area contributed by atoms with Gasteiger partial charge in [-0.05, 0) is 42.8 Å². The Morgan fingerprint density at radius 2 is 1.88 bits per heavy atom. The van der Waals surface area contributed by atoms with Crippen LogP contribution in [0.4, 0.5) is 0 Å². The minimum absolute atomic E-state index is 0.0455. The van der Waals surface area contributed by atoms with Crippen LogP contribution < -0.4 is 9.88 Å². The molecule has 8 heteroatoms. The Balaban J connectivity index is 2.44. The summed E-state index contributed by atoms with van der Waals surface area (Å²) < 4.78 is 28.1. The van der Waals surface area contributed by atoms with Gasteiger partial charge < -0.3 is 9.84 Å². The van der Waals surface area contributed by atoms with Crippen molar-refractivity contribution >= 4 is 27.6 Å². The maximum absolute atomic E-state index is 11.5. The molecule has 0 fully saturated rings. The highest BCUT2D eigenvalue weighted by Gasteiger charge is 2.09. The summed E-state index contributed by atoms with van der Waals surface area (Å²) in [5.74, 6) is 4.81.